The van der Waals surface area contributed by atoms with Gasteiger partial charge in [-0.25, -0.2) is 0 Å². The molecule has 0 saturated carbocycles. The van der Waals surface area contributed by atoms with Crippen LogP contribution in [0, 0.1) is 11.5 Å². The summed E-state index contributed by atoms with van der Waals surface area (Å²) in [7, 11) is -1.26. The summed E-state index contributed by atoms with van der Waals surface area (Å²) < 4.78 is 0. The van der Waals surface area contributed by atoms with Crippen molar-refractivity contribution in [2.75, 3.05) is 0 Å². The molecule has 0 rings (SSSR count). The maximum absolute atomic E-state index is 9.07. The lowest BCUT2D eigenvalue weighted by Gasteiger charge is -2.04. The van der Waals surface area contributed by atoms with Crippen LogP contribution in [0.4, 0.5) is 0 Å². The third-order valence-electron chi connectivity index (χ3n) is 1.00. The standard InChI is InChI=1S/C8H16OSi/c1-5-8(9)6-7-10(2,3)4/h8-9H,5H2,1-4H3/t8-/m0/s1. The zero-order valence-electron chi connectivity index (χ0n) is 7.23. The summed E-state index contributed by atoms with van der Waals surface area (Å²) in [6.45, 7) is 8.44. The maximum Gasteiger partial charge on any atom is 0.129 e. The van der Waals surface area contributed by atoms with Gasteiger partial charge in [-0.2, -0.15) is 0 Å². The van der Waals surface area contributed by atoms with Crippen LogP contribution in [0.2, 0.25) is 19.6 Å². The highest BCUT2D eigenvalue weighted by Crippen LogP contribution is 1.97. The van der Waals surface area contributed by atoms with E-state index in [1.165, 1.54) is 0 Å². The molecular formula is C8H16OSi. The Morgan fingerprint density at radius 1 is 1.40 bits per heavy atom. The average molecular weight is 156 g/mol. The number of aliphatic hydroxyl groups is 1. The van der Waals surface area contributed by atoms with Gasteiger partial charge in [0, 0.05) is 0 Å². The van der Waals surface area contributed by atoms with Crippen molar-refractivity contribution in [1.29, 1.82) is 0 Å². The molecule has 58 valence electrons. The Morgan fingerprint density at radius 2 is 1.90 bits per heavy atom. The molecule has 0 saturated heterocycles. The molecule has 0 aliphatic rings. The summed E-state index contributed by atoms with van der Waals surface area (Å²) in [6, 6.07) is 0. The van der Waals surface area contributed by atoms with Crippen LogP contribution in [-0.2, 0) is 0 Å². The van der Waals surface area contributed by atoms with Gasteiger partial charge < -0.3 is 5.11 Å². The van der Waals surface area contributed by atoms with Gasteiger partial charge in [-0.15, -0.1) is 5.54 Å². The van der Waals surface area contributed by atoms with E-state index in [2.05, 4.69) is 31.1 Å². The summed E-state index contributed by atoms with van der Waals surface area (Å²) in [5.74, 6) is 2.84. The van der Waals surface area contributed by atoms with E-state index in [0.717, 1.165) is 6.42 Å². The summed E-state index contributed by atoms with van der Waals surface area (Å²) in [5.41, 5.74) is 3.11. The predicted octanol–water partition coefficient (Wildman–Crippen LogP) is 1.64. The third kappa shape index (κ3) is 5.87. The van der Waals surface area contributed by atoms with Crippen molar-refractivity contribution < 1.29 is 5.11 Å². The Bertz CT molecular complexity index is 147. The Kier molecular flexibility index (Phi) is 3.70. The Balaban J connectivity index is 3.91. The van der Waals surface area contributed by atoms with E-state index >= 15 is 0 Å². The molecule has 0 aromatic rings. The van der Waals surface area contributed by atoms with Crippen LogP contribution in [-0.4, -0.2) is 19.3 Å². The number of hydrogen-bond donors (Lipinski definition) is 1. The third-order valence-corrected chi connectivity index (χ3v) is 1.89. The molecule has 0 fully saturated rings. The first-order valence-electron chi connectivity index (χ1n) is 3.66. The topological polar surface area (TPSA) is 20.2 Å². The van der Waals surface area contributed by atoms with E-state index in [9.17, 15) is 0 Å². The molecule has 0 aromatic carbocycles. The molecule has 0 heterocycles. The molecule has 0 aromatic heterocycles. The lowest BCUT2D eigenvalue weighted by Crippen LogP contribution is -2.17. The SMILES string of the molecule is CC[C@H](O)C#C[Si](C)(C)C. The van der Waals surface area contributed by atoms with Gasteiger partial charge in [-0.1, -0.05) is 32.5 Å². The van der Waals surface area contributed by atoms with Crippen LogP contribution in [0.5, 0.6) is 0 Å². The second-order valence-electron chi connectivity index (χ2n) is 3.44. The van der Waals surface area contributed by atoms with Crippen molar-refractivity contribution in [2.45, 2.75) is 39.1 Å². The van der Waals surface area contributed by atoms with Crippen LogP contribution >= 0.6 is 0 Å². The van der Waals surface area contributed by atoms with E-state index < -0.39 is 14.2 Å². The molecule has 0 amide bonds. The second kappa shape index (κ2) is 3.80. The first-order chi connectivity index (χ1) is 4.45. The molecular weight excluding hydrogens is 140 g/mol. The van der Waals surface area contributed by atoms with E-state index in [1.807, 2.05) is 6.92 Å². The molecule has 2 heteroatoms. The van der Waals surface area contributed by atoms with Crippen molar-refractivity contribution in [3.63, 3.8) is 0 Å². The van der Waals surface area contributed by atoms with Gasteiger partial charge >= 0.3 is 0 Å². The highest BCUT2D eigenvalue weighted by atomic mass is 28.3. The molecule has 0 spiro atoms. The fraction of sp³-hybridized carbons (Fsp3) is 0.750. The van der Waals surface area contributed by atoms with Gasteiger partial charge in [-0.3, -0.25) is 0 Å². The molecule has 0 unspecified atom stereocenters. The minimum atomic E-state index is -1.26. The molecule has 0 radical (unpaired) electrons. The molecule has 10 heavy (non-hydrogen) atoms. The van der Waals surface area contributed by atoms with Crippen LogP contribution in [0.3, 0.4) is 0 Å². The van der Waals surface area contributed by atoms with Crippen molar-refractivity contribution in [1.82, 2.24) is 0 Å². The zero-order valence-corrected chi connectivity index (χ0v) is 8.23. The van der Waals surface area contributed by atoms with Crippen molar-refractivity contribution in [2.24, 2.45) is 0 Å². The fourth-order valence-corrected chi connectivity index (χ4v) is 1.00. The molecule has 0 bridgehead atoms. The molecule has 1 N–H and O–H groups in total. The lowest BCUT2D eigenvalue weighted by atomic mass is 10.3. The molecule has 0 aliphatic heterocycles. The largest absolute Gasteiger partial charge is 0.380 e. The first-order valence-corrected chi connectivity index (χ1v) is 7.16. The minimum Gasteiger partial charge on any atom is -0.380 e. The summed E-state index contributed by atoms with van der Waals surface area (Å²) in [6.07, 6.45) is 0.323. The van der Waals surface area contributed by atoms with Crippen molar-refractivity contribution >= 4 is 8.07 Å². The van der Waals surface area contributed by atoms with Crippen LogP contribution < -0.4 is 0 Å². The Morgan fingerprint density at radius 3 is 2.20 bits per heavy atom. The van der Waals surface area contributed by atoms with Crippen molar-refractivity contribution in [3.8, 4) is 11.5 Å². The normalized spacial score (nSPS) is 13.7. The van der Waals surface area contributed by atoms with Gasteiger partial charge in [-0.05, 0) is 6.42 Å². The Labute approximate surface area is 64.5 Å². The lowest BCUT2D eigenvalue weighted by molar-refractivity contribution is 0.228. The number of aliphatic hydroxyl groups excluding tert-OH is 1. The first kappa shape index (κ1) is 9.74. The second-order valence-corrected chi connectivity index (χ2v) is 8.19. The number of hydrogen-bond acceptors (Lipinski definition) is 1. The van der Waals surface area contributed by atoms with E-state index in [1.54, 1.807) is 0 Å². The summed E-state index contributed by atoms with van der Waals surface area (Å²) >= 11 is 0. The van der Waals surface area contributed by atoms with Gasteiger partial charge in [0.05, 0.1) is 0 Å². The van der Waals surface area contributed by atoms with Gasteiger partial charge in [0.25, 0.3) is 0 Å². The van der Waals surface area contributed by atoms with Crippen molar-refractivity contribution in [3.05, 3.63) is 0 Å². The van der Waals surface area contributed by atoms with Crippen LogP contribution in [0.15, 0.2) is 0 Å². The van der Waals surface area contributed by atoms with Crippen LogP contribution in [0.25, 0.3) is 0 Å². The molecule has 1 nitrogen and oxygen atoms in total. The van der Waals surface area contributed by atoms with Gasteiger partial charge in [0.1, 0.15) is 14.2 Å². The quantitative estimate of drug-likeness (QED) is 0.452. The predicted molar refractivity (Wildman–Crippen MR) is 47.4 cm³/mol. The molecule has 0 aliphatic carbocycles. The minimum absolute atomic E-state index is 0.410. The number of rotatable bonds is 1. The average Bonchev–Trinajstić information content (AvgIpc) is 1.81. The van der Waals surface area contributed by atoms with Crippen LogP contribution in [0.1, 0.15) is 13.3 Å². The Hall–Kier alpha value is -0.263. The highest BCUT2D eigenvalue weighted by Gasteiger charge is 2.07. The maximum atomic E-state index is 9.07. The van der Waals surface area contributed by atoms with E-state index in [0.29, 0.717) is 0 Å². The smallest absolute Gasteiger partial charge is 0.129 e. The van der Waals surface area contributed by atoms with E-state index in [4.69, 9.17) is 5.11 Å². The monoisotopic (exact) mass is 156 g/mol. The van der Waals surface area contributed by atoms with Gasteiger partial charge in [0.2, 0.25) is 0 Å². The summed E-state index contributed by atoms with van der Waals surface area (Å²) in [5, 5.41) is 9.07. The van der Waals surface area contributed by atoms with Gasteiger partial charge in [0.15, 0.2) is 0 Å². The van der Waals surface area contributed by atoms with E-state index in [-0.39, 0.29) is 0 Å². The summed E-state index contributed by atoms with van der Waals surface area (Å²) in [4.78, 5) is 0. The fourth-order valence-electron chi connectivity index (χ4n) is 0.402. The molecule has 1 atom stereocenters. The zero-order chi connectivity index (χ0) is 8.20. The highest BCUT2D eigenvalue weighted by molar-refractivity contribution is 6.83.